The molecule has 4 aliphatic carbocycles. The van der Waals surface area contributed by atoms with Gasteiger partial charge >= 0.3 is 0 Å². The van der Waals surface area contributed by atoms with Gasteiger partial charge in [-0.25, -0.2) is 0 Å². The lowest BCUT2D eigenvalue weighted by Gasteiger charge is -2.60. The van der Waals surface area contributed by atoms with E-state index < -0.39 is 11.2 Å². The van der Waals surface area contributed by atoms with Gasteiger partial charge in [0.25, 0.3) is 0 Å². The number of rotatable bonds is 6. The van der Waals surface area contributed by atoms with Crippen molar-refractivity contribution in [1.29, 1.82) is 5.26 Å². The van der Waals surface area contributed by atoms with Gasteiger partial charge in [0, 0.05) is 13.0 Å². The monoisotopic (exact) mass is 479 g/mol. The molecular weight excluding hydrogens is 434 g/mol. The largest absolute Gasteiger partial charge is 0.389 e. The van der Waals surface area contributed by atoms with Gasteiger partial charge in [0.15, 0.2) is 0 Å². The molecule has 0 amide bonds. The van der Waals surface area contributed by atoms with Gasteiger partial charge in [0.05, 0.1) is 29.4 Å². The molecule has 4 heteroatoms. The van der Waals surface area contributed by atoms with Crippen molar-refractivity contribution in [1.82, 2.24) is 0 Å². The van der Waals surface area contributed by atoms with Gasteiger partial charge in [-0.05, 0) is 117 Å². The normalized spacial score (nSPS) is 43.5. The summed E-state index contributed by atoms with van der Waals surface area (Å²) in [5, 5.41) is 32.5. The van der Waals surface area contributed by atoms with Gasteiger partial charge in [0.1, 0.15) is 0 Å². The van der Waals surface area contributed by atoms with Crippen molar-refractivity contribution in [3.05, 3.63) is 35.4 Å². The van der Waals surface area contributed by atoms with Crippen molar-refractivity contribution in [3.63, 3.8) is 0 Å². The Balaban J connectivity index is 1.30. The average molecular weight is 480 g/mol. The van der Waals surface area contributed by atoms with Crippen LogP contribution >= 0.6 is 0 Å². The Hall–Kier alpha value is -1.41. The van der Waals surface area contributed by atoms with Crippen molar-refractivity contribution in [3.8, 4) is 6.07 Å². The lowest BCUT2D eigenvalue weighted by Crippen LogP contribution is -2.60. The molecule has 0 aliphatic heterocycles. The highest BCUT2D eigenvalue weighted by atomic mass is 16.5. The molecule has 3 unspecified atom stereocenters. The summed E-state index contributed by atoms with van der Waals surface area (Å²) in [5.74, 6) is 3.64. The zero-order valence-corrected chi connectivity index (χ0v) is 22.0. The molecule has 9 atom stereocenters. The number of aliphatic hydroxyl groups is 2. The molecule has 0 heterocycles. The number of hydrogen-bond acceptors (Lipinski definition) is 4. The zero-order valence-electron chi connectivity index (χ0n) is 22.0. The fourth-order valence-corrected chi connectivity index (χ4v) is 9.70. The smallest absolute Gasteiger partial charge is 0.0994 e. The molecule has 4 aliphatic rings. The van der Waals surface area contributed by atoms with Crippen LogP contribution in [0, 0.1) is 52.3 Å². The van der Waals surface area contributed by atoms with Crippen LogP contribution in [0.2, 0.25) is 0 Å². The molecule has 0 radical (unpaired) electrons. The summed E-state index contributed by atoms with van der Waals surface area (Å²) < 4.78 is 5.59. The summed E-state index contributed by atoms with van der Waals surface area (Å²) in [6.07, 6.45) is 10.2. The lowest BCUT2D eigenvalue weighted by molar-refractivity contribution is -0.203. The van der Waals surface area contributed by atoms with Crippen molar-refractivity contribution in [2.75, 3.05) is 13.2 Å². The van der Waals surface area contributed by atoms with Gasteiger partial charge in [-0.3, -0.25) is 0 Å². The van der Waals surface area contributed by atoms with E-state index >= 15 is 0 Å². The van der Waals surface area contributed by atoms with Crippen molar-refractivity contribution in [2.45, 2.75) is 96.2 Å². The first-order valence-corrected chi connectivity index (χ1v) is 14.2. The fraction of sp³-hybridized carbons (Fsp3) is 0.774. The predicted octanol–water partition coefficient (Wildman–Crippen LogP) is 5.89. The van der Waals surface area contributed by atoms with Gasteiger partial charge in [-0.15, -0.1) is 0 Å². The van der Waals surface area contributed by atoms with Gasteiger partial charge in [-0.2, -0.15) is 5.26 Å². The molecular formula is C31H45NO3. The summed E-state index contributed by atoms with van der Waals surface area (Å²) in [7, 11) is 0. The average Bonchev–Trinajstić information content (AvgIpc) is 3.19. The summed E-state index contributed by atoms with van der Waals surface area (Å²) in [6.45, 7) is 7.91. The van der Waals surface area contributed by atoms with Crippen LogP contribution in [0.3, 0.4) is 0 Å². The maximum atomic E-state index is 11.8. The number of hydrogen-bond donors (Lipinski definition) is 2. The van der Waals surface area contributed by atoms with Crippen LogP contribution in [-0.4, -0.2) is 34.6 Å². The molecule has 35 heavy (non-hydrogen) atoms. The first-order valence-electron chi connectivity index (χ1n) is 14.2. The topological polar surface area (TPSA) is 73.5 Å². The van der Waals surface area contributed by atoms with E-state index in [1.807, 2.05) is 19.1 Å². The summed E-state index contributed by atoms with van der Waals surface area (Å²) in [5.41, 5.74) is 0.793. The fourth-order valence-electron chi connectivity index (χ4n) is 9.70. The van der Waals surface area contributed by atoms with Crippen LogP contribution in [0.5, 0.6) is 0 Å². The van der Waals surface area contributed by atoms with E-state index in [0.717, 1.165) is 43.6 Å². The van der Waals surface area contributed by atoms with E-state index in [1.54, 1.807) is 0 Å². The quantitative estimate of drug-likeness (QED) is 0.534. The first kappa shape index (κ1) is 25.2. The molecule has 1 aromatic carbocycles. The van der Waals surface area contributed by atoms with Crippen LogP contribution in [0.25, 0.3) is 0 Å². The van der Waals surface area contributed by atoms with E-state index in [-0.39, 0.29) is 0 Å². The minimum atomic E-state index is -0.870. The molecule has 192 valence electrons. The van der Waals surface area contributed by atoms with Crippen molar-refractivity contribution in [2.24, 2.45) is 40.9 Å². The van der Waals surface area contributed by atoms with Gasteiger partial charge in [-0.1, -0.05) is 32.0 Å². The highest BCUT2D eigenvalue weighted by Crippen LogP contribution is 2.66. The highest BCUT2D eigenvalue weighted by Gasteiger charge is 2.61. The summed E-state index contributed by atoms with van der Waals surface area (Å²) >= 11 is 0. The predicted molar refractivity (Wildman–Crippen MR) is 138 cm³/mol. The molecule has 0 saturated heterocycles. The first-order chi connectivity index (χ1) is 16.7. The molecule has 5 rings (SSSR count). The Morgan fingerprint density at radius 2 is 1.77 bits per heavy atom. The third-order valence-corrected chi connectivity index (χ3v) is 11.2. The molecule has 2 N–H and O–H groups in total. The van der Waals surface area contributed by atoms with E-state index in [2.05, 4.69) is 32.0 Å². The number of fused-ring (bicyclic) bond motifs is 5. The van der Waals surface area contributed by atoms with Crippen LogP contribution in [0.1, 0.15) is 89.7 Å². The third-order valence-electron chi connectivity index (χ3n) is 11.2. The molecule has 0 spiro atoms. The van der Waals surface area contributed by atoms with Crippen molar-refractivity contribution < 1.29 is 14.9 Å². The minimum absolute atomic E-state index is 0.326. The zero-order chi connectivity index (χ0) is 24.8. The Morgan fingerprint density at radius 3 is 2.54 bits per heavy atom. The SMILES string of the molecule is CCOC[C@@]1(O)CC[C@@H]2C3CC[C@@]4(C)C(CCC4[C@H](C)Cc4ccccc4C#N)[C@@H]3CC[C@]2(O)C1. The highest BCUT2D eigenvalue weighted by molar-refractivity contribution is 5.37. The number of benzene rings is 1. The Morgan fingerprint density at radius 1 is 1.03 bits per heavy atom. The molecule has 4 saturated carbocycles. The van der Waals surface area contributed by atoms with E-state index in [9.17, 15) is 15.5 Å². The van der Waals surface area contributed by atoms with Gasteiger partial charge < -0.3 is 14.9 Å². The number of ether oxygens (including phenoxy) is 1. The standard InChI is InChI=1S/C31H45NO3/c1-4-35-20-30(33)15-13-28-25-11-14-29(3)26(21(2)17-22-7-5-6-8-23(22)18-32)9-10-27(29)24(25)12-16-31(28,34)19-30/h5-8,21,24-28,33-34H,4,9-17,19-20H2,1-3H3/t21-,24-,25?,26?,27?,28-,29-,30-,31+/m1/s1. The molecule has 4 nitrogen and oxygen atoms in total. The molecule has 0 bridgehead atoms. The van der Waals surface area contributed by atoms with Crippen LogP contribution < -0.4 is 0 Å². The van der Waals surface area contributed by atoms with Crippen LogP contribution in [0.15, 0.2) is 24.3 Å². The number of nitriles is 1. The second-order valence-corrected chi connectivity index (χ2v) is 12.9. The minimum Gasteiger partial charge on any atom is -0.389 e. The number of nitrogens with zero attached hydrogens (tertiary/aromatic N) is 1. The van der Waals surface area contributed by atoms with Crippen LogP contribution in [0.4, 0.5) is 0 Å². The Bertz CT molecular complexity index is 957. The lowest BCUT2D eigenvalue weighted by atomic mass is 9.47. The Labute approximate surface area is 212 Å². The maximum absolute atomic E-state index is 11.8. The molecule has 1 aromatic rings. The third kappa shape index (κ3) is 4.36. The van der Waals surface area contributed by atoms with Crippen molar-refractivity contribution >= 4 is 0 Å². The van der Waals surface area contributed by atoms with E-state index in [4.69, 9.17) is 4.74 Å². The van der Waals surface area contributed by atoms with E-state index in [0.29, 0.717) is 54.6 Å². The van der Waals surface area contributed by atoms with Gasteiger partial charge in [0.2, 0.25) is 0 Å². The summed E-state index contributed by atoms with van der Waals surface area (Å²) in [6, 6.07) is 10.5. The molecule has 4 fully saturated rings. The maximum Gasteiger partial charge on any atom is 0.0994 e. The molecule has 0 aromatic heterocycles. The second kappa shape index (κ2) is 9.47. The Kier molecular flexibility index (Phi) is 6.83. The van der Waals surface area contributed by atoms with E-state index in [1.165, 1.54) is 31.2 Å². The van der Waals surface area contributed by atoms with Crippen LogP contribution in [-0.2, 0) is 11.2 Å². The summed E-state index contributed by atoms with van der Waals surface area (Å²) in [4.78, 5) is 0. The second-order valence-electron chi connectivity index (χ2n) is 12.9.